The van der Waals surface area contributed by atoms with E-state index in [-0.39, 0.29) is 0 Å². The Labute approximate surface area is 98.7 Å². The molecule has 2 N–H and O–H groups in total. The minimum absolute atomic E-state index is 0.569. The average molecular weight is 274 g/mol. The highest BCUT2D eigenvalue weighted by Gasteiger charge is 2.08. The van der Waals surface area contributed by atoms with E-state index in [9.17, 15) is 0 Å². The van der Waals surface area contributed by atoms with Gasteiger partial charge in [-0.3, -0.25) is 0 Å². The molecule has 0 saturated carbocycles. The van der Waals surface area contributed by atoms with Crippen molar-refractivity contribution in [3.05, 3.63) is 27.7 Å². The molecule has 1 aromatic carbocycles. The second-order valence-corrected chi connectivity index (χ2v) is 4.08. The molecule has 84 valence electrons. The highest BCUT2D eigenvalue weighted by Crippen LogP contribution is 2.28. The predicted molar refractivity (Wildman–Crippen MR) is 64.2 cm³/mol. The van der Waals surface area contributed by atoms with Gasteiger partial charge in [-0.05, 0) is 36.2 Å². The lowest BCUT2D eigenvalue weighted by Gasteiger charge is -2.11. The van der Waals surface area contributed by atoms with Crippen molar-refractivity contribution in [2.75, 3.05) is 20.8 Å². The lowest BCUT2D eigenvalue weighted by atomic mass is 10.1. The van der Waals surface area contributed by atoms with Crippen LogP contribution >= 0.6 is 15.9 Å². The highest BCUT2D eigenvalue weighted by molar-refractivity contribution is 9.10. The van der Waals surface area contributed by atoms with Crippen molar-refractivity contribution in [3.63, 3.8) is 0 Å². The van der Waals surface area contributed by atoms with Crippen molar-refractivity contribution in [2.24, 2.45) is 5.73 Å². The Hall–Kier alpha value is -0.580. The van der Waals surface area contributed by atoms with E-state index >= 15 is 0 Å². The molecular weight excluding hydrogens is 258 g/mol. The molecule has 0 unspecified atom stereocenters. The maximum atomic E-state index is 5.54. The molecular formula is C11H16BrNO2. The fourth-order valence-electron chi connectivity index (χ4n) is 1.44. The molecule has 1 rings (SSSR count). The normalized spacial score (nSPS) is 10.4. The van der Waals surface area contributed by atoms with Crippen molar-refractivity contribution < 1.29 is 9.47 Å². The van der Waals surface area contributed by atoms with Gasteiger partial charge in [0.15, 0.2) is 0 Å². The number of ether oxygens (including phenoxy) is 2. The average Bonchev–Trinajstić information content (AvgIpc) is 2.22. The Morgan fingerprint density at radius 3 is 2.53 bits per heavy atom. The van der Waals surface area contributed by atoms with Crippen LogP contribution in [0.1, 0.15) is 11.1 Å². The van der Waals surface area contributed by atoms with Crippen LogP contribution in [0.3, 0.4) is 0 Å². The van der Waals surface area contributed by atoms with Crippen LogP contribution in [-0.2, 0) is 17.8 Å². The van der Waals surface area contributed by atoms with Crippen molar-refractivity contribution in [3.8, 4) is 5.75 Å². The molecule has 0 spiro atoms. The lowest BCUT2D eigenvalue weighted by Crippen LogP contribution is -2.05. The Balaban J connectivity index is 3.04. The third-order valence-corrected chi connectivity index (χ3v) is 2.90. The summed E-state index contributed by atoms with van der Waals surface area (Å²) >= 11 is 3.51. The lowest BCUT2D eigenvalue weighted by molar-refractivity contribution is 0.184. The number of hydrogen-bond acceptors (Lipinski definition) is 3. The number of nitrogens with two attached hydrogens (primary N) is 1. The van der Waals surface area contributed by atoms with Gasteiger partial charge in [0.2, 0.25) is 0 Å². The van der Waals surface area contributed by atoms with Crippen LogP contribution in [0, 0.1) is 0 Å². The van der Waals surface area contributed by atoms with E-state index < -0.39 is 0 Å². The van der Waals surface area contributed by atoms with Crippen LogP contribution in [0.2, 0.25) is 0 Å². The van der Waals surface area contributed by atoms with Crippen LogP contribution in [-0.4, -0.2) is 20.8 Å². The van der Waals surface area contributed by atoms with Gasteiger partial charge >= 0.3 is 0 Å². The van der Waals surface area contributed by atoms with Gasteiger partial charge in [0, 0.05) is 11.6 Å². The van der Waals surface area contributed by atoms with E-state index in [2.05, 4.69) is 15.9 Å². The molecule has 1 aromatic rings. The maximum Gasteiger partial charge on any atom is 0.122 e. The van der Waals surface area contributed by atoms with E-state index in [0.29, 0.717) is 13.2 Å². The quantitative estimate of drug-likeness (QED) is 0.894. The Morgan fingerprint density at radius 2 is 2.00 bits per heavy atom. The van der Waals surface area contributed by atoms with Gasteiger partial charge < -0.3 is 15.2 Å². The third kappa shape index (κ3) is 3.19. The first-order chi connectivity index (χ1) is 7.22. The molecule has 0 heterocycles. The van der Waals surface area contributed by atoms with Gasteiger partial charge in [-0.2, -0.15) is 0 Å². The minimum Gasteiger partial charge on any atom is -0.496 e. The molecule has 0 fully saturated rings. The summed E-state index contributed by atoms with van der Waals surface area (Å²) in [7, 11) is 3.34. The Morgan fingerprint density at radius 1 is 1.27 bits per heavy atom. The van der Waals surface area contributed by atoms with E-state index in [1.165, 1.54) is 0 Å². The molecule has 0 aliphatic heterocycles. The number of methoxy groups -OCH3 is 2. The summed E-state index contributed by atoms with van der Waals surface area (Å²) in [5, 5.41) is 0. The first-order valence-corrected chi connectivity index (χ1v) is 5.56. The summed E-state index contributed by atoms with van der Waals surface area (Å²) in [6.07, 6.45) is 0.815. The monoisotopic (exact) mass is 273 g/mol. The fraction of sp³-hybridized carbons (Fsp3) is 0.455. The molecule has 0 atom stereocenters. The molecule has 0 radical (unpaired) electrons. The third-order valence-electron chi connectivity index (χ3n) is 2.16. The van der Waals surface area contributed by atoms with Crippen LogP contribution in [0.25, 0.3) is 0 Å². The molecule has 3 nitrogen and oxygen atoms in total. The van der Waals surface area contributed by atoms with Crippen molar-refractivity contribution in [1.29, 1.82) is 0 Å². The molecule has 0 bridgehead atoms. The zero-order chi connectivity index (χ0) is 11.3. The smallest absolute Gasteiger partial charge is 0.122 e. The first kappa shape index (κ1) is 12.5. The van der Waals surface area contributed by atoms with Crippen molar-refractivity contribution >= 4 is 15.9 Å². The Kier molecular flexibility index (Phi) is 5.08. The van der Waals surface area contributed by atoms with Gasteiger partial charge in [0.05, 0.1) is 13.7 Å². The number of halogens is 1. The molecule has 4 heteroatoms. The van der Waals surface area contributed by atoms with Gasteiger partial charge in [-0.25, -0.2) is 0 Å². The summed E-state index contributed by atoms with van der Waals surface area (Å²) in [6, 6.07) is 4.03. The zero-order valence-corrected chi connectivity index (χ0v) is 10.6. The molecule has 0 aliphatic carbocycles. The molecule has 0 amide bonds. The molecule has 0 aliphatic rings. The molecule has 15 heavy (non-hydrogen) atoms. The summed E-state index contributed by atoms with van der Waals surface area (Å²) < 4.78 is 11.4. The summed E-state index contributed by atoms with van der Waals surface area (Å²) in [5.74, 6) is 0.871. The highest BCUT2D eigenvalue weighted by atomic mass is 79.9. The van der Waals surface area contributed by atoms with Crippen LogP contribution in [0.4, 0.5) is 0 Å². The van der Waals surface area contributed by atoms with Gasteiger partial charge in [0.25, 0.3) is 0 Å². The van der Waals surface area contributed by atoms with Gasteiger partial charge in [-0.15, -0.1) is 0 Å². The maximum absolute atomic E-state index is 5.54. The van der Waals surface area contributed by atoms with Crippen molar-refractivity contribution in [1.82, 2.24) is 0 Å². The standard InChI is InChI=1S/C11H16BrNO2/c1-14-7-9-6-11(15-2)8(3-4-13)5-10(9)12/h5-6H,3-4,7,13H2,1-2H3. The fourth-order valence-corrected chi connectivity index (χ4v) is 1.95. The number of hydrogen-bond donors (Lipinski definition) is 1. The second kappa shape index (κ2) is 6.10. The van der Waals surface area contributed by atoms with Crippen LogP contribution in [0.15, 0.2) is 16.6 Å². The SMILES string of the molecule is COCc1cc(OC)c(CCN)cc1Br. The van der Waals surface area contributed by atoms with Crippen LogP contribution < -0.4 is 10.5 Å². The van der Waals surface area contributed by atoms with E-state index in [4.69, 9.17) is 15.2 Å². The van der Waals surface area contributed by atoms with Gasteiger partial charge in [-0.1, -0.05) is 15.9 Å². The predicted octanol–water partition coefficient (Wildman–Crippen LogP) is 2.11. The summed E-state index contributed by atoms with van der Waals surface area (Å²) in [4.78, 5) is 0. The number of rotatable bonds is 5. The largest absolute Gasteiger partial charge is 0.496 e. The summed E-state index contributed by atoms with van der Waals surface area (Å²) in [6.45, 7) is 1.19. The van der Waals surface area contributed by atoms with Crippen LogP contribution in [0.5, 0.6) is 5.75 Å². The van der Waals surface area contributed by atoms with Crippen molar-refractivity contribution in [2.45, 2.75) is 13.0 Å². The number of benzene rings is 1. The topological polar surface area (TPSA) is 44.5 Å². The molecule has 0 aromatic heterocycles. The van der Waals surface area contributed by atoms with E-state index in [1.807, 2.05) is 12.1 Å². The van der Waals surface area contributed by atoms with E-state index in [1.54, 1.807) is 14.2 Å². The van der Waals surface area contributed by atoms with Gasteiger partial charge in [0.1, 0.15) is 5.75 Å². The summed E-state index contributed by atoms with van der Waals surface area (Å²) in [5.41, 5.74) is 7.73. The zero-order valence-electron chi connectivity index (χ0n) is 9.05. The minimum atomic E-state index is 0.569. The Bertz CT molecular complexity index is 329. The van der Waals surface area contributed by atoms with E-state index in [0.717, 1.165) is 27.8 Å². The molecule has 0 saturated heterocycles. The first-order valence-electron chi connectivity index (χ1n) is 4.77. The second-order valence-electron chi connectivity index (χ2n) is 3.23.